The average Bonchev–Trinajstić information content (AvgIpc) is 3.23. The summed E-state index contributed by atoms with van der Waals surface area (Å²) in [5.41, 5.74) is 3.52. The fourth-order valence-corrected chi connectivity index (χ4v) is 4.55. The molecule has 0 spiro atoms. The standard InChI is InChI=1S/C24H23NO3S/c1-2-4-16-6-8-17(9-7-16)24(22-5-3-12-29-22)25-15-18-13-23(27)28-21-14-19(26)10-11-20(18)21/h3,5-14,24-26H,2,4,15H2,1H3/p+1/t24-/m0/s1. The summed E-state index contributed by atoms with van der Waals surface area (Å²) in [5.74, 6) is 0.0883. The number of quaternary nitrogens is 1. The van der Waals surface area contributed by atoms with Gasteiger partial charge in [0.2, 0.25) is 0 Å². The van der Waals surface area contributed by atoms with Crippen molar-refractivity contribution < 1.29 is 14.8 Å². The molecular formula is C24H24NO3S+. The highest BCUT2D eigenvalue weighted by atomic mass is 32.1. The van der Waals surface area contributed by atoms with E-state index in [-0.39, 0.29) is 11.8 Å². The Bertz CT molecular complexity index is 1150. The fourth-order valence-electron chi connectivity index (χ4n) is 3.70. The molecular weight excluding hydrogens is 382 g/mol. The molecule has 0 aliphatic carbocycles. The van der Waals surface area contributed by atoms with Crippen LogP contribution in [0.5, 0.6) is 5.75 Å². The summed E-state index contributed by atoms with van der Waals surface area (Å²) in [5, 5.41) is 14.9. The van der Waals surface area contributed by atoms with Gasteiger partial charge in [-0.1, -0.05) is 43.7 Å². The van der Waals surface area contributed by atoms with Crippen LogP contribution in [0.3, 0.4) is 0 Å². The Morgan fingerprint density at radius 3 is 2.66 bits per heavy atom. The zero-order valence-corrected chi connectivity index (χ0v) is 17.1. The van der Waals surface area contributed by atoms with Crippen molar-refractivity contribution in [2.75, 3.05) is 0 Å². The molecule has 0 saturated heterocycles. The lowest BCUT2D eigenvalue weighted by Gasteiger charge is -2.16. The Morgan fingerprint density at radius 2 is 1.93 bits per heavy atom. The zero-order chi connectivity index (χ0) is 20.2. The molecule has 3 N–H and O–H groups in total. The minimum Gasteiger partial charge on any atom is -0.508 e. The molecule has 1 atom stereocenters. The van der Waals surface area contributed by atoms with Gasteiger partial charge in [0.05, 0.1) is 4.88 Å². The van der Waals surface area contributed by atoms with Gasteiger partial charge in [0, 0.05) is 28.6 Å². The van der Waals surface area contributed by atoms with E-state index >= 15 is 0 Å². The van der Waals surface area contributed by atoms with Crippen molar-refractivity contribution in [1.82, 2.24) is 0 Å². The van der Waals surface area contributed by atoms with Crippen molar-refractivity contribution in [3.63, 3.8) is 0 Å². The van der Waals surface area contributed by atoms with Crippen LogP contribution in [0, 0.1) is 0 Å². The number of phenols is 1. The molecule has 2 aromatic carbocycles. The Balaban J connectivity index is 1.64. The average molecular weight is 407 g/mol. The van der Waals surface area contributed by atoms with Crippen molar-refractivity contribution in [1.29, 1.82) is 0 Å². The monoisotopic (exact) mass is 406 g/mol. The molecule has 0 fully saturated rings. The molecule has 4 aromatic rings. The van der Waals surface area contributed by atoms with E-state index in [9.17, 15) is 9.90 Å². The van der Waals surface area contributed by atoms with Gasteiger partial charge in [-0.05, 0) is 35.6 Å². The Kier molecular flexibility index (Phi) is 5.79. The number of thiophene rings is 1. The Labute approximate surface area is 173 Å². The minimum absolute atomic E-state index is 0.0883. The van der Waals surface area contributed by atoms with E-state index in [1.54, 1.807) is 29.5 Å². The van der Waals surface area contributed by atoms with Crippen LogP contribution in [0.2, 0.25) is 0 Å². The number of fused-ring (bicyclic) bond motifs is 1. The van der Waals surface area contributed by atoms with Crippen LogP contribution in [0.1, 0.15) is 41.0 Å². The highest BCUT2D eigenvalue weighted by Crippen LogP contribution is 2.25. The largest absolute Gasteiger partial charge is 0.508 e. The molecule has 0 aliphatic heterocycles. The third-order valence-corrected chi connectivity index (χ3v) is 6.07. The molecule has 0 radical (unpaired) electrons. The molecule has 2 aromatic heterocycles. The predicted molar refractivity (Wildman–Crippen MR) is 116 cm³/mol. The van der Waals surface area contributed by atoms with Crippen molar-refractivity contribution >= 4 is 22.3 Å². The SMILES string of the molecule is CCCc1ccc([C@H]([NH2+]Cc2cc(=O)oc3cc(O)ccc23)c2cccs2)cc1. The van der Waals surface area contributed by atoms with Gasteiger partial charge in [-0.25, -0.2) is 4.79 Å². The molecule has 0 amide bonds. The number of aryl methyl sites for hydroxylation is 1. The predicted octanol–water partition coefficient (Wildman–Crippen LogP) is 4.37. The number of aromatic hydroxyl groups is 1. The first-order chi connectivity index (χ1) is 14.1. The Morgan fingerprint density at radius 1 is 1.10 bits per heavy atom. The quantitative estimate of drug-likeness (QED) is 0.448. The summed E-state index contributed by atoms with van der Waals surface area (Å²) in [7, 11) is 0. The van der Waals surface area contributed by atoms with Crippen molar-refractivity contribution in [3.8, 4) is 5.75 Å². The van der Waals surface area contributed by atoms with E-state index in [1.807, 2.05) is 0 Å². The maximum Gasteiger partial charge on any atom is 0.336 e. The van der Waals surface area contributed by atoms with Crippen LogP contribution in [-0.2, 0) is 13.0 Å². The maximum atomic E-state index is 12.0. The van der Waals surface area contributed by atoms with E-state index in [2.05, 4.69) is 54.0 Å². The summed E-state index contributed by atoms with van der Waals surface area (Å²) in [6, 6.07) is 19.7. The zero-order valence-electron chi connectivity index (χ0n) is 16.3. The third-order valence-electron chi connectivity index (χ3n) is 5.11. The van der Waals surface area contributed by atoms with E-state index in [4.69, 9.17) is 4.42 Å². The highest BCUT2D eigenvalue weighted by Gasteiger charge is 2.19. The highest BCUT2D eigenvalue weighted by molar-refractivity contribution is 7.10. The van der Waals surface area contributed by atoms with E-state index < -0.39 is 5.63 Å². The van der Waals surface area contributed by atoms with Gasteiger partial charge in [-0.3, -0.25) is 0 Å². The molecule has 148 valence electrons. The van der Waals surface area contributed by atoms with Crippen LogP contribution in [0.15, 0.2) is 75.3 Å². The number of hydrogen-bond donors (Lipinski definition) is 2. The van der Waals surface area contributed by atoms with Gasteiger partial charge >= 0.3 is 5.63 Å². The van der Waals surface area contributed by atoms with Crippen LogP contribution >= 0.6 is 11.3 Å². The molecule has 0 unspecified atom stereocenters. The molecule has 2 heterocycles. The lowest BCUT2D eigenvalue weighted by atomic mass is 10.0. The number of benzene rings is 2. The summed E-state index contributed by atoms with van der Waals surface area (Å²) in [6.45, 7) is 2.82. The topological polar surface area (TPSA) is 67.0 Å². The van der Waals surface area contributed by atoms with E-state index in [1.165, 1.54) is 22.1 Å². The molecule has 0 aliphatic rings. The normalized spacial score (nSPS) is 12.3. The van der Waals surface area contributed by atoms with Crippen LogP contribution in [-0.4, -0.2) is 5.11 Å². The molecule has 4 nitrogen and oxygen atoms in total. The van der Waals surface area contributed by atoms with Crippen LogP contribution in [0.4, 0.5) is 0 Å². The molecule has 0 saturated carbocycles. The second-order valence-corrected chi connectivity index (χ2v) is 8.17. The van der Waals surface area contributed by atoms with E-state index in [0.29, 0.717) is 12.1 Å². The smallest absolute Gasteiger partial charge is 0.336 e. The van der Waals surface area contributed by atoms with Gasteiger partial charge in [-0.2, -0.15) is 0 Å². The van der Waals surface area contributed by atoms with Crippen molar-refractivity contribution in [2.24, 2.45) is 0 Å². The van der Waals surface area contributed by atoms with Gasteiger partial charge < -0.3 is 14.8 Å². The second kappa shape index (κ2) is 8.64. The molecule has 0 bridgehead atoms. The van der Waals surface area contributed by atoms with Gasteiger partial charge in [-0.15, -0.1) is 11.3 Å². The number of nitrogens with two attached hydrogens (primary N) is 1. The first-order valence-electron chi connectivity index (χ1n) is 9.85. The van der Waals surface area contributed by atoms with Gasteiger partial charge in [0.1, 0.15) is 23.9 Å². The van der Waals surface area contributed by atoms with Crippen LogP contribution < -0.4 is 10.9 Å². The summed E-state index contributed by atoms with van der Waals surface area (Å²) in [6.07, 6.45) is 2.23. The molecule has 4 rings (SSSR count). The first kappa shape index (κ1) is 19.4. The summed E-state index contributed by atoms with van der Waals surface area (Å²) in [4.78, 5) is 13.3. The Hall–Kier alpha value is -2.89. The first-order valence-corrected chi connectivity index (χ1v) is 10.7. The second-order valence-electron chi connectivity index (χ2n) is 7.20. The summed E-state index contributed by atoms with van der Waals surface area (Å²) >= 11 is 1.74. The van der Waals surface area contributed by atoms with Crippen molar-refractivity contribution in [3.05, 3.63) is 98.0 Å². The fraction of sp³-hybridized carbons (Fsp3) is 0.208. The lowest BCUT2D eigenvalue weighted by Crippen LogP contribution is -2.83. The third kappa shape index (κ3) is 4.42. The number of rotatable bonds is 7. The van der Waals surface area contributed by atoms with Gasteiger partial charge in [0.25, 0.3) is 0 Å². The molecule has 29 heavy (non-hydrogen) atoms. The lowest BCUT2D eigenvalue weighted by molar-refractivity contribution is -0.701. The van der Waals surface area contributed by atoms with Gasteiger partial charge in [0.15, 0.2) is 0 Å². The molecule has 5 heteroatoms. The maximum absolute atomic E-state index is 12.0. The number of phenolic OH excluding ortho intramolecular Hbond substituents is 1. The van der Waals surface area contributed by atoms with Crippen LogP contribution in [0.25, 0.3) is 11.0 Å². The van der Waals surface area contributed by atoms with Crippen molar-refractivity contribution in [2.45, 2.75) is 32.4 Å². The number of hydrogen-bond acceptors (Lipinski definition) is 4. The van der Waals surface area contributed by atoms with E-state index in [0.717, 1.165) is 23.8 Å². The summed E-state index contributed by atoms with van der Waals surface area (Å²) < 4.78 is 5.26. The minimum atomic E-state index is -0.400.